The van der Waals surface area contributed by atoms with E-state index >= 15 is 0 Å². The number of nitrogens with zero attached hydrogens (tertiary/aromatic N) is 1. The molecule has 1 heterocycles. The summed E-state index contributed by atoms with van der Waals surface area (Å²) >= 11 is 1.46. The minimum Gasteiger partial charge on any atom is -0.406 e. The van der Waals surface area contributed by atoms with Gasteiger partial charge in [0.15, 0.2) is 0 Å². The Balaban J connectivity index is 1.22. The van der Waals surface area contributed by atoms with Crippen LogP contribution in [0.5, 0.6) is 5.75 Å². The summed E-state index contributed by atoms with van der Waals surface area (Å²) in [6.07, 6.45) is -0.0918. The second kappa shape index (κ2) is 18.7. The highest BCUT2D eigenvalue weighted by Crippen LogP contribution is 2.59. The summed E-state index contributed by atoms with van der Waals surface area (Å²) < 4.78 is 50.0. The summed E-state index contributed by atoms with van der Waals surface area (Å²) in [5.41, 5.74) is 3.10. The first-order chi connectivity index (χ1) is 28.7. The molecular formula is C49H54F3NO6S. The average Bonchev–Trinajstić information content (AvgIpc) is 3.75. The average molecular weight is 842 g/mol. The zero-order valence-electron chi connectivity index (χ0n) is 34.2. The summed E-state index contributed by atoms with van der Waals surface area (Å²) in [5.74, 6) is -0.630. The van der Waals surface area contributed by atoms with Gasteiger partial charge in [-0.15, -0.1) is 24.5 Å². The van der Waals surface area contributed by atoms with Crippen LogP contribution in [0.15, 0.2) is 115 Å². The van der Waals surface area contributed by atoms with Crippen molar-refractivity contribution in [3.05, 3.63) is 147 Å². The molecule has 2 bridgehead atoms. The lowest BCUT2D eigenvalue weighted by molar-refractivity contribution is -0.274. The number of aliphatic hydroxyl groups excluding tert-OH is 2. The maximum absolute atomic E-state index is 14.7. The second-order valence-corrected chi connectivity index (χ2v) is 18.0. The molecule has 1 aromatic heterocycles. The number of fused-ring (bicyclic) bond motifs is 9. The largest absolute Gasteiger partial charge is 0.573 e. The number of benzene rings is 4. The van der Waals surface area contributed by atoms with Crippen LogP contribution >= 0.6 is 11.3 Å². The van der Waals surface area contributed by atoms with E-state index < -0.39 is 29.6 Å². The summed E-state index contributed by atoms with van der Waals surface area (Å²) in [6, 6.07) is 31.2. The van der Waals surface area contributed by atoms with E-state index in [0.29, 0.717) is 61.1 Å². The van der Waals surface area contributed by atoms with E-state index in [4.69, 9.17) is 4.74 Å². The zero-order valence-corrected chi connectivity index (χ0v) is 35.0. The number of halogens is 3. The lowest BCUT2D eigenvalue weighted by atomic mass is 9.64. The Morgan fingerprint density at radius 2 is 1.70 bits per heavy atom. The van der Waals surface area contributed by atoms with Crippen molar-refractivity contribution < 1.29 is 42.8 Å². The topological polar surface area (TPSA) is 99.5 Å². The van der Waals surface area contributed by atoms with Crippen molar-refractivity contribution in [1.82, 2.24) is 4.90 Å². The van der Waals surface area contributed by atoms with E-state index in [9.17, 15) is 33.3 Å². The first-order valence-corrected chi connectivity index (χ1v) is 21.6. The number of ether oxygens (including phenoxy) is 2. The summed E-state index contributed by atoms with van der Waals surface area (Å²) in [7, 11) is 0. The third-order valence-corrected chi connectivity index (χ3v) is 13.6. The number of alkyl halides is 3. The molecule has 0 aliphatic heterocycles. The first kappa shape index (κ1) is 43.7. The van der Waals surface area contributed by atoms with Crippen molar-refractivity contribution in [3.8, 4) is 5.75 Å². The third kappa shape index (κ3) is 10.6. The summed E-state index contributed by atoms with van der Waals surface area (Å²) in [6.45, 7) is 5.06. The minimum absolute atomic E-state index is 0.0381. The molecule has 5 atom stereocenters. The van der Waals surface area contributed by atoms with Gasteiger partial charge in [-0.1, -0.05) is 91.4 Å². The predicted octanol–water partition coefficient (Wildman–Crippen LogP) is 10.1. The summed E-state index contributed by atoms with van der Waals surface area (Å²) in [5, 5.41) is 36.6. The molecule has 1 saturated carbocycles. The quantitative estimate of drug-likeness (QED) is 0.0802. The van der Waals surface area contributed by atoms with Crippen molar-refractivity contribution in [2.75, 3.05) is 19.7 Å². The number of carbonyl (C=O) groups excluding carboxylic acids is 1. The van der Waals surface area contributed by atoms with E-state index in [1.807, 2.05) is 83.8 Å². The van der Waals surface area contributed by atoms with Crippen molar-refractivity contribution >= 4 is 27.2 Å². The highest BCUT2D eigenvalue weighted by atomic mass is 32.1. The maximum Gasteiger partial charge on any atom is 0.573 e. The Kier molecular flexibility index (Phi) is 13.6. The lowest BCUT2D eigenvalue weighted by Crippen LogP contribution is -2.53. The fourth-order valence-corrected chi connectivity index (χ4v) is 10.3. The van der Waals surface area contributed by atoms with Gasteiger partial charge >= 0.3 is 6.36 Å². The molecule has 7 nitrogen and oxygen atoms in total. The highest BCUT2D eigenvalue weighted by Gasteiger charge is 2.57. The number of allylic oxidation sites excluding steroid dienone is 2. The molecule has 8 rings (SSSR count). The molecule has 0 spiro atoms. The van der Waals surface area contributed by atoms with E-state index in [0.717, 1.165) is 33.2 Å². The Morgan fingerprint density at radius 3 is 2.45 bits per heavy atom. The van der Waals surface area contributed by atoms with Crippen LogP contribution in [0.4, 0.5) is 13.2 Å². The number of ketones is 1. The van der Waals surface area contributed by atoms with Gasteiger partial charge in [-0.05, 0) is 116 Å². The normalized spacial score (nSPS) is 23.0. The Labute approximate surface area is 354 Å². The molecule has 0 amide bonds. The van der Waals surface area contributed by atoms with Crippen molar-refractivity contribution in [3.63, 3.8) is 0 Å². The second-order valence-electron chi connectivity index (χ2n) is 16.9. The molecule has 0 radical (unpaired) electrons. The van der Waals surface area contributed by atoms with E-state index in [1.165, 1.54) is 29.0 Å². The van der Waals surface area contributed by atoms with Crippen molar-refractivity contribution in [1.29, 1.82) is 0 Å². The van der Waals surface area contributed by atoms with Gasteiger partial charge in [0.25, 0.3) is 0 Å². The fourth-order valence-electron chi connectivity index (χ4n) is 9.27. The highest BCUT2D eigenvalue weighted by molar-refractivity contribution is 7.21. The Hall–Kier alpha value is -4.36. The van der Waals surface area contributed by atoms with Crippen LogP contribution in [0.25, 0.3) is 10.1 Å². The number of hydrogen-bond donors (Lipinski definition) is 3. The summed E-state index contributed by atoms with van der Waals surface area (Å²) in [4.78, 5) is 17.3. The molecule has 3 aliphatic rings. The predicted molar refractivity (Wildman–Crippen MR) is 229 cm³/mol. The number of carbonyl (C=O) groups is 1. The molecule has 0 unspecified atom stereocenters. The van der Waals surface area contributed by atoms with Crippen molar-refractivity contribution in [2.45, 2.75) is 102 Å². The monoisotopic (exact) mass is 841 g/mol. The van der Waals surface area contributed by atoms with Gasteiger partial charge in [0.1, 0.15) is 5.75 Å². The molecule has 0 saturated heterocycles. The third-order valence-electron chi connectivity index (χ3n) is 12.5. The SMILES string of the molecule is CC1=CCC[C@@]2(C)[C@@H](CC[C@@]2(O)CN(Cc2ccc(OC(F)(F)F)cc2)C[C@@H](O)COCc2ccccc2)c2ccc(cc2C(=O)c2cc3ccccc3s2)C[C@@H](O)CC1. The molecule has 4 aromatic carbocycles. The van der Waals surface area contributed by atoms with Gasteiger partial charge in [0, 0.05) is 35.3 Å². The molecule has 1 fully saturated rings. The van der Waals surface area contributed by atoms with Gasteiger partial charge in [-0.3, -0.25) is 9.69 Å². The lowest BCUT2D eigenvalue weighted by Gasteiger charge is -2.46. The molecule has 318 valence electrons. The standard InChI is InChI=1S/C49H54F3NO6S/c1-33-9-8-23-47(2)43(41-21-17-36(25-38(54)18-14-33)26-42(41)46(56)45-27-37-12-6-7-13-44(37)60-45)22-24-48(47,57)32-53(28-34-15-19-40(20-16-34)59-49(50,51)52)29-39(55)31-58-30-35-10-4-3-5-11-35/h3-7,9-13,15-17,19-21,26-27,38-39,43,54-55,57H,8,14,18,22-25,28-32H2,1-2H3/t38-,39+,43-,47-,48+/m0/s1. The fraction of sp³-hybridized carbons (Fsp3) is 0.408. The van der Waals surface area contributed by atoms with Gasteiger partial charge in [-0.2, -0.15) is 0 Å². The minimum atomic E-state index is -4.82. The van der Waals surface area contributed by atoms with Crippen LogP contribution in [0, 0.1) is 5.41 Å². The van der Waals surface area contributed by atoms with Crippen LogP contribution in [0.3, 0.4) is 0 Å². The molecule has 3 aliphatic carbocycles. The number of thiophene rings is 1. The van der Waals surface area contributed by atoms with E-state index in [-0.39, 0.29) is 43.7 Å². The number of rotatable bonds is 13. The van der Waals surface area contributed by atoms with Crippen LogP contribution < -0.4 is 4.74 Å². The zero-order chi connectivity index (χ0) is 42.5. The van der Waals surface area contributed by atoms with Gasteiger partial charge in [-0.25, -0.2) is 0 Å². The van der Waals surface area contributed by atoms with Gasteiger partial charge < -0.3 is 24.8 Å². The molecule has 5 aromatic rings. The smallest absolute Gasteiger partial charge is 0.406 e. The van der Waals surface area contributed by atoms with E-state index in [2.05, 4.69) is 24.7 Å². The molecule has 11 heteroatoms. The number of aliphatic hydroxyl groups is 3. The van der Waals surface area contributed by atoms with Crippen LogP contribution in [-0.2, 0) is 24.3 Å². The van der Waals surface area contributed by atoms with Crippen LogP contribution in [0.1, 0.15) is 95.8 Å². The first-order valence-electron chi connectivity index (χ1n) is 20.8. The molecule has 60 heavy (non-hydrogen) atoms. The van der Waals surface area contributed by atoms with Crippen LogP contribution in [0.2, 0.25) is 0 Å². The maximum atomic E-state index is 14.7. The Morgan fingerprint density at radius 1 is 0.950 bits per heavy atom. The number of hydrogen-bond acceptors (Lipinski definition) is 8. The van der Waals surface area contributed by atoms with E-state index in [1.54, 1.807) is 12.1 Å². The van der Waals surface area contributed by atoms with Gasteiger partial charge in [0.2, 0.25) is 5.78 Å². The molecule has 3 N–H and O–H groups in total. The van der Waals surface area contributed by atoms with Gasteiger partial charge in [0.05, 0.1) is 35.9 Å². The Bertz CT molecular complexity index is 2230. The molecular weight excluding hydrogens is 788 g/mol. The van der Waals surface area contributed by atoms with Crippen molar-refractivity contribution in [2.24, 2.45) is 5.41 Å². The van der Waals surface area contributed by atoms with Crippen LogP contribution in [-0.4, -0.2) is 69.9 Å².